The van der Waals surface area contributed by atoms with Crippen molar-refractivity contribution in [2.45, 2.75) is 76.5 Å². The zero-order valence-electron chi connectivity index (χ0n) is 19.4. The first-order valence-corrected chi connectivity index (χ1v) is 13.1. The molecule has 2 heterocycles. The van der Waals surface area contributed by atoms with E-state index in [1.165, 1.54) is 122 Å². The summed E-state index contributed by atoms with van der Waals surface area (Å²) < 4.78 is 0. The molecule has 5 aliphatic rings. The van der Waals surface area contributed by atoms with Gasteiger partial charge in [0, 0.05) is 57.2 Å². The Morgan fingerprint density at radius 2 is 1.45 bits per heavy atom. The van der Waals surface area contributed by atoms with E-state index in [2.05, 4.69) is 32.9 Å². The van der Waals surface area contributed by atoms with Gasteiger partial charge in [0.05, 0.1) is 0 Å². The average molecular weight is 444 g/mol. The maximum absolute atomic E-state index is 2.74. The summed E-state index contributed by atoms with van der Waals surface area (Å²) in [6.07, 6.45) is 16.0. The van der Waals surface area contributed by atoms with Gasteiger partial charge in [-0.25, -0.2) is 0 Å². The molecule has 2 saturated heterocycles. The highest BCUT2D eigenvalue weighted by molar-refractivity contribution is 5.85. The molecule has 0 amide bonds. The summed E-state index contributed by atoms with van der Waals surface area (Å²) in [7, 11) is 0. The Kier molecular flexibility index (Phi) is 6.45. The van der Waals surface area contributed by atoms with E-state index in [0.717, 1.165) is 17.3 Å². The highest BCUT2D eigenvalue weighted by Crippen LogP contribution is 2.59. The Hall–Kier alpha value is -0.930. The van der Waals surface area contributed by atoms with E-state index in [-0.39, 0.29) is 12.4 Å². The lowest BCUT2D eigenvalue weighted by Gasteiger charge is -2.39. The van der Waals surface area contributed by atoms with Crippen molar-refractivity contribution in [3.05, 3.63) is 23.8 Å². The second kappa shape index (κ2) is 9.14. The minimum Gasteiger partial charge on any atom is -0.372 e. The Balaban J connectivity index is 0.00000204. The van der Waals surface area contributed by atoms with Crippen molar-refractivity contribution in [3.8, 4) is 0 Å². The van der Waals surface area contributed by atoms with E-state index < -0.39 is 0 Å². The lowest BCUT2D eigenvalue weighted by Crippen LogP contribution is -2.47. The van der Waals surface area contributed by atoms with Crippen LogP contribution in [-0.4, -0.2) is 50.7 Å². The number of halogens is 1. The summed E-state index contributed by atoms with van der Waals surface area (Å²) in [5.74, 6) is 1.81. The van der Waals surface area contributed by atoms with Crippen LogP contribution in [0.2, 0.25) is 0 Å². The fraction of sp³-hybridized carbons (Fsp3) is 0.778. The summed E-state index contributed by atoms with van der Waals surface area (Å²) in [4.78, 5) is 8.13. The maximum atomic E-state index is 2.74. The van der Waals surface area contributed by atoms with Crippen molar-refractivity contribution in [1.29, 1.82) is 0 Å². The van der Waals surface area contributed by atoms with Crippen LogP contribution in [0.3, 0.4) is 0 Å². The average Bonchev–Trinajstić information content (AvgIpc) is 3.74. The van der Waals surface area contributed by atoms with Gasteiger partial charge in [-0.05, 0) is 112 Å². The van der Waals surface area contributed by atoms with E-state index in [1.54, 1.807) is 11.3 Å². The predicted molar refractivity (Wildman–Crippen MR) is 134 cm³/mol. The standard InChI is InChI=1S/C27H41N3.ClH/c1-2-14-29(15-3-1)24-6-7-26(30-18-16-28(17-19-30)21-22-4-5-22)25(20-24)23-8-10-27(11-9-23)12-13-27;/h6-7,20,22-23H,1-5,8-19,21H2;1H. The molecule has 172 valence electrons. The topological polar surface area (TPSA) is 9.72 Å². The largest absolute Gasteiger partial charge is 0.372 e. The molecule has 4 heteroatoms. The third kappa shape index (κ3) is 4.88. The fourth-order valence-electron chi connectivity index (χ4n) is 6.56. The Morgan fingerprint density at radius 1 is 0.742 bits per heavy atom. The number of piperidine rings is 1. The van der Waals surface area contributed by atoms with Gasteiger partial charge >= 0.3 is 0 Å². The molecule has 3 nitrogen and oxygen atoms in total. The number of nitrogens with zero attached hydrogens (tertiary/aromatic N) is 3. The zero-order chi connectivity index (χ0) is 20.0. The molecule has 3 saturated carbocycles. The number of piperazine rings is 1. The smallest absolute Gasteiger partial charge is 0.0404 e. The van der Waals surface area contributed by atoms with Crippen LogP contribution in [0.25, 0.3) is 0 Å². The van der Waals surface area contributed by atoms with Crippen LogP contribution in [0.5, 0.6) is 0 Å². The van der Waals surface area contributed by atoms with Crippen LogP contribution in [0.15, 0.2) is 18.2 Å². The normalized spacial score (nSPS) is 26.7. The van der Waals surface area contributed by atoms with Gasteiger partial charge in [-0.3, -0.25) is 4.90 Å². The van der Waals surface area contributed by atoms with Gasteiger partial charge in [0.25, 0.3) is 0 Å². The second-order valence-electron chi connectivity index (χ2n) is 11.3. The molecule has 1 aromatic rings. The van der Waals surface area contributed by atoms with Crippen molar-refractivity contribution >= 4 is 23.8 Å². The SMILES string of the molecule is Cl.c1cc(N2CCN(CC3CC3)CC2)c(C2CCC3(CC2)CC3)cc1N1CCCCC1. The maximum Gasteiger partial charge on any atom is 0.0404 e. The summed E-state index contributed by atoms with van der Waals surface area (Å²) in [5.41, 5.74) is 5.57. The monoisotopic (exact) mass is 443 g/mol. The minimum atomic E-state index is 0. The van der Waals surface area contributed by atoms with E-state index in [4.69, 9.17) is 0 Å². The molecule has 0 atom stereocenters. The van der Waals surface area contributed by atoms with Crippen molar-refractivity contribution < 1.29 is 0 Å². The Bertz CT molecular complexity index is 733. The molecular weight excluding hydrogens is 402 g/mol. The Labute approximate surface area is 195 Å². The van der Waals surface area contributed by atoms with E-state index in [0.29, 0.717) is 0 Å². The predicted octanol–water partition coefficient (Wildman–Crippen LogP) is 6.07. The van der Waals surface area contributed by atoms with Crippen LogP contribution in [0.4, 0.5) is 11.4 Å². The molecule has 6 rings (SSSR count). The van der Waals surface area contributed by atoms with Gasteiger partial charge in [-0.15, -0.1) is 12.4 Å². The summed E-state index contributed by atoms with van der Waals surface area (Å²) >= 11 is 0. The second-order valence-corrected chi connectivity index (χ2v) is 11.3. The van der Waals surface area contributed by atoms with Gasteiger partial charge in [0.2, 0.25) is 0 Å². The number of hydrogen-bond donors (Lipinski definition) is 0. The van der Waals surface area contributed by atoms with Crippen molar-refractivity contribution in [1.82, 2.24) is 4.90 Å². The van der Waals surface area contributed by atoms with Crippen LogP contribution < -0.4 is 9.80 Å². The molecule has 31 heavy (non-hydrogen) atoms. The molecule has 2 aliphatic heterocycles. The first-order chi connectivity index (χ1) is 14.8. The van der Waals surface area contributed by atoms with Crippen LogP contribution in [-0.2, 0) is 0 Å². The summed E-state index contributed by atoms with van der Waals surface area (Å²) in [5, 5.41) is 0. The van der Waals surface area contributed by atoms with Gasteiger partial charge in [-0.1, -0.05) is 0 Å². The van der Waals surface area contributed by atoms with Crippen LogP contribution >= 0.6 is 12.4 Å². The highest BCUT2D eigenvalue weighted by Gasteiger charge is 2.45. The zero-order valence-corrected chi connectivity index (χ0v) is 20.2. The minimum absolute atomic E-state index is 0. The van der Waals surface area contributed by atoms with E-state index in [1.807, 2.05) is 0 Å². The molecule has 5 fully saturated rings. The van der Waals surface area contributed by atoms with Gasteiger partial charge in [-0.2, -0.15) is 0 Å². The molecular formula is C27H42ClN3. The number of rotatable bonds is 5. The van der Waals surface area contributed by atoms with Gasteiger partial charge in [0.1, 0.15) is 0 Å². The van der Waals surface area contributed by atoms with Gasteiger partial charge < -0.3 is 9.80 Å². The fourth-order valence-corrected chi connectivity index (χ4v) is 6.56. The van der Waals surface area contributed by atoms with E-state index in [9.17, 15) is 0 Å². The number of benzene rings is 1. The van der Waals surface area contributed by atoms with Crippen molar-refractivity contribution in [3.63, 3.8) is 0 Å². The lowest BCUT2D eigenvalue weighted by atomic mass is 9.76. The molecule has 0 N–H and O–H groups in total. The first-order valence-electron chi connectivity index (χ1n) is 13.1. The molecule has 0 aromatic heterocycles. The van der Waals surface area contributed by atoms with Gasteiger partial charge in [0.15, 0.2) is 0 Å². The lowest BCUT2D eigenvalue weighted by molar-refractivity contribution is 0.247. The quantitative estimate of drug-likeness (QED) is 0.546. The third-order valence-corrected chi connectivity index (χ3v) is 9.10. The summed E-state index contributed by atoms with van der Waals surface area (Å²) in [6.45, 7) is 8.84. The number of anilines is 2. The molecule has 0 unspecified atom stereocenters. The molecule has 1 spiro atoms. The van der Waals surface area contributed by atoms with Crippen LogP contribution in [0, 0.1) is 11.3 Å². The first kappa shape index (κ1) is 21.9. The third-order valence-electron chi connectivity index (χ3n) is 9.10. The van der Waals surface area contributed by atoms with Crippen LogP contribution in [0.1, 0.15) is 82.1 Å². The molecule has 0 radical (unpaired) electrons. The molecule has 0 bridgehead atoms. The highest BCUT2D eigenvalue weighted by atomic mass is 35.5. The molecule has 3 aliphatic carbocycles. The number of hydrogen-bond acceptors (Lipinski definition) is 3. The van der Waals surface area contributed by atoms with Crippen molar-refractivity contribution in [2.75, 3.05) is 55.6 Å². The van der Waals surface area contributed by atoms with Crippen molar-refractivity contribution in [2.24, 2.45) is 11.3 Å². The Morgan fingerprint density at radius 3 is 2.10 bits per heavy atom. The molecule has 1 aromatic carbocycles. The summed E-state index contributed by atoms with van der Waals surface area (Å²) in [6, 6.07) is 7.59. The van der Waals surface area contributed by atoms with E-state index >= 15 is 0 Å².